The van der Waals surface area contributed by atoms with Crippen molar-refractivity contribution < 1.29 is 0 Å². The van der Waals surface area contributed by atoms with Crippen LogP contribution >= 0.6 is 11.3 Å². The lowest BCUT2D eigenvalue weighted by molar-refractivity contribution is 1.16. The molecule has 0 aliphatic rings. The fourth-order valence-corrected chi connectivity index (χ4v) is 8.75. The van der Waals surface area contributed by atoms with Gasteiger partial charge in [0, 0.05) is 55.9 Å². The second-order valence-electron chi connectivity index (χ2n) is 13.7. The van der Waals surface area contributed by atoms with Gasteiger partial charge in [-0.3, -0.25) is 0 Å². The summed E-state index contributed by atoms with van der Waals surface area (Å²) in [5.74, 6) is 1.36. The molecule has 0 atom stereocenters. The summed E-state index contributed by atoms with van der Waals surface area (Å²) in [7, 11) is 0. The molecule has 6 aromatic carbocycles. The van der Waals surface area contributed by atoms with Gasteiger partial charge in [-0.15, -0.1) is 11.3 Å². The Morgan fingerprint density at radius 1 is 0.411 bits per heavy atom. The van der Waals surface area contributed by atoms with Gasteiger partial charge < -0.3 is 4.57 Å². The third-order valence-electron chi connectivity index (χ3n) is 10.3. The summed E-state index contributed by atoms with van der Waals surface area (Å²) in [6.07, 6.45) is 1.83. The number of nitrogens with zero attached hydrogens (tertiary/aromatic N) is 6. The highest BCUT2D eigenvalue weighted by Gasteiger charge is 2.18. The molecule has 11 aromatic rings. The molecule has 0 bridgehead atoms. The summed E-state index contributed by atoms with van der Waals surface area (Å²) >= 11 is 1.63. The van der Waals surface area contributed by atoms with Crippen molar-refractivity contribution in [1.29, 1.82) is 0 Å². The van der Waals surface area contributed by atoms with Gasteiger partial charge >= 0.3 is 0 Å². The standard InChI is InChI=1S/C49H30N6S/c1-3-13-33(14-4-1)47-51-40(30-41(52-47)35-17-11-18-36(29-35)55-42-22-9-7-19-37(42)38-20-8-10-23-43(38)55)31-24-26-32(27-25-31)44-46-45(39-21-12-28-50-49(39)56-46)54-48(53-44)34-15-5-2-6-16-34/h1-30H. The Bertz CT molecular complexity index is 3190. The van der Waals surface area contributed by atoms with Gasteiger partial charge in [-0.05, 0) is 42.5 Å². The summed E-state index contributed by atoms with van der Waals surface area (Å²) in [6, 6.07) is 60.9. The highest BCUT2D eigenvalue weighted by Crippen LogP contribution is 2.39. The van der Waals surface area contributed by atoms with E-state index in [0.717, 1.165) is 71.0 Å². The largest absolute Gasteiger partial charge is 0.309 e. The average Bonchev–Trinajstić information content (AvgIpc) is 3.83. The Labute approximate surface area is 326 Å². The van der Waals surface area contributed by atoms with Crippen molar-refractivity contribution in [3.63, 3.8) is 0 Å². The van der Waals surface area contributed by atoms with Crippen molar-refractivity contribution in [2.24, 2.45) is 0 Å². The molecule has 0 saturated carbocycles. The summed E-state index contributed by atoms with van der Waals surface area (Å²) in [6.45, 7) is 0. The molecule has 0 aliphatic carbocycles. The summed E-state index contributed by atoms with van der Waals surface area (Å²) in [4.78, 5) is 26.1. The van der Waals surface area contributed by atoms with Crippen molar-refractivity contribution >= 4 is 53.6 Å². The van der Waals surface area contributed by atoms with Crippen LogP contribution in [0.2, 0.25) is 0 Å². The molecular formula is C49H30N6S. The van der Waals surface area contributed by atoms with Gasteiger partial charge in [0.15, 0.2) is 11.6 Å². The van der Waals surface area contributed by atoms with Crippen LogP contribution in [-0.4, -0.2) is 29.5 Å². The van der Waals surface area contributed by atoms with Crippen LogP contribution in [0.25, 0.3) is 104 Å². The number of aromatic nitrogens is 6. The van der Waals surface area contributed by atoms with Crippen molar-refractivity contribution in [3.05, 3.63) is 182 Å². The fraction of sp³-hybridized carbons (Fsp3) is 0. The molecule has 6 nitrogen and oxygen atoms in total. The van der Waals surface area contributed by atoms with Crippen molar-refractivity contribution in [2.45, 2.75) is 0 Å². The molecule has 5 aromatic heterocycles. The van der Waals surface area contributed by atoms with E-state index >= 15 is 0 Å². The predicted molar refractivity (Wildman–Crippen MR) is 230 cm³/mol. The first-order valence-electron chi connectivity index (χ1n) is 18.5. The summed E-state index contributed by atoms with van der Waals surface area (Å²) in [5.41, 5.74) is 11.8. The third kappa shape index (κ3) is 5.44. The Balaban J connectivity index is 1.04. The molecule has 0 unspecified atom stereocenters. The molecular weight excluding hydrogens is 705 g/mol. The Morgan fingerprint density at radius 3 is 1.68 bits per heavy atom. The molecule has 0 fully saturated rings. The average molecular weight is 735 g/mol. The van der Waals surface area contributed by atoms with Crippen LogP contribution < -0.4 is 0 Å². The third-order valence-corrected chi connectivity index (χ3v) is 11.4. The molecule has 0 aliphatic heterocycles. The van der Waals surface area contributed by atoms with Crippen molar-refractivity contribution in [1.82, 2.24) is 29.5 Å². The lowest BCUT2D eigenvalue weighted by atomic mass is 10.0. The molecule has 11 rings (SSSR count). The SMILES string of the molecule is c1ccc(-c2nc(-c3ccc(-c4nc(-c5ccccc5)nc5c4sc4ncccc45)cc3)cc(-c3cccc(-n4c5ccccc5c5ccccc54)c3)n2)cc1. The van der Waals surface area contributed by atoms with E-state index in [4.69, 9.17) is 19.9 Å². The van der Waals surface area contributed by atoms with E-state index in [1.807, 2.05) is 48.7 Å². The minimum Gasteiger partial charge on any atom is -0.309 e. The zero-order valence-electron chi connectivity index (χ0n) is 29.9. The maximum atomic E-state index is 5.16. The van der Waals surface area contributed by atoms with Gasteiger partial charge in [0.1, 0.15) is 4.83 Å². The minimum absolute atomic E-state index is 0.673. The minimum atomic E-state index is 0.673. The number of fused-ring (bicyclic) bond motifs is 6. The molecule has 262 valence electrons. The molecule has 7 heteroatoms. The summed E-state index contributed by atoms with van der Waals surface area (Å²) in [5, 5.41) is 3.50. The molecule has 0 spiro atoms. The Kier molecular flexibility index (Phi) is 7.57. The van der Waals surface area contributed by atoms with Crippen LogP contribution in [0, 0.1) is 0 Å². The molecule has 0 N–H and O–H groups in total. The first kappa shape index (κ1) is 32.1. The van der Waals surface area contributed by atoms with Crippen LogP contribution in [0.3, 0.4) is 0 Å². The van der Waals surface area contributed by atoms with E-state index in [0.29, 0.717) is 11.6 Å². The van der Waals surface area contributed by atoms with E-state index in [1.54, 1.807) is 11.3 Å². The lowest BCUT2D eigenvalue weighted by Crippen LogP contribution is -1.98. The molecule has 0 saturated heterocycles. The second kappa shape index (κ2) is 13.2. The first-order chi connectivity index (χ1) is 27.7. The Hall–Kier alpha value is -7.35. The van der Waals surface area contributed by atoms with Crippen LogP contribution in [0.15, 0.2) is 182 Å². The zero-order valence-corrected chi connectivity index (χ0v) is 30.7. The molecule has 0 radical (unpaired) electrons. The van der Waals surface area contributed by atoms with Gasteiger partial charge in [-0.2, -0.15) is 0 Å². The van der Waals surface area contributed by atoms with Crippen molar-refractivity contribution in [2.75, 3.05) is 0 Å². The molecule has 56 heavy (non-hydrogen) atoms. The normalized spacial score (nSPS) is 11.6. The molecule has 5 heterocycles. The van der Waals surface area contributed by atoms with Gasteiger partial charge in [-0.25, -0.2) is 24.9 Å². The number of hydrogen-bond acceptors (Lipinski definition) is 6. The van der Waals surface area contributed by atoms with E-state index in [2.05, 4.69) is 143 Å². The van der Waals surface area contributed by atoms with E-state index in [-0.39, 0.29) is 0 Å². The van der Waals surface area contributed by atoms with Gasteiger partial charge in [0.2, 0.25) is 0 Å². The number of thiophene rings is 1. The van der Waals surface area contributed by atoms with Crippen molar-refractivity contribution in [3.8, 4) is 62.2 Å². The van der Waals surface area contributed by atoms with E-state index < -0.39 is 0 Å². The van der Waals surface area contributed by atoms with Gasteiger partial charge in [0.25, 0.3) is 0 Å². The predicted octanol–water partition coefficient (Wildman–Crippen LogP) is 12.5. The van der Waals surface area contributed by atoms with Crippen LogP contribution in [-0.2, 0) is 0 Å². The van der Waals surface area contributed by atoms with E-state index in [1.165, 1.54) is 21.8 Å². The van der Waals surface area contributed by atoms with E-state index in [9.17, 15) is 0 Å². The maximum absolute atomic E-state index is 5.16. The highest BCUT2D eigenvalue weighted by molar-refractivity contribution is 7.25. The molecule has 0 amide bonds. The second-order valence-corrected chi connectivity index (χ2v) is 14.7. The number of hydrogen-bond donors (Lipinski definition) is 0. The van der Waals surface area contributed by atoms with Gasteiger partial charge in [0.05, 0.1) is 38.3 Å². The first-order valence-corrected chi connectivity index (χ1v) is 19.3. The number of para-hydroxylation sites is 2. The van der Waals surface area contributed by atoms with Gasteiger partial charge in [-0.1, -0.05) is 133 Å². The van der Waals surface area contributed by atoms with Crippen LogP contribution in [0.5, 0.6) is 0 Å². The Morgan fingerprint density at radius 2 is 0.982 bits per heavy atom. The quantitative estimate of drug-likeness (QED) is 0.170. The fourth-order valence-electron chi connectivity index (χ4n) is 7.65. The zero-order chi connectivity index (χ0) is 37.0. The number of rotatable bonds is 6. The maximum Gasteiger partial charge on any atom is 0.160 e. The number of benzene rings is 6. The summed E-state index contributed by atoms with van der Waals surface area (Å²) < 4.78 is 3.36. The topological polar surface area (TPSA) is 69.4 Å². The highest BCUT2D eigenvalue weighted by atomic mass is 32.1. The van der Waals surface area contributed by atoms with Crippen LogP contribution in [0.1, 0.15) is 0 Å². The lowest BCUT2D eigenvalue weighted by Gasteiger charge is -2.12. The monoisotopic (exact) mass is 734 g/mol. The smallest absolute Gasteiger partial charge is 0.160 e. The van der Waals surface area contributed by atoms with Crippen LogP contribution in [0.4, 0.5) is 0 Å². The number of pyridine rings is 1.